The van der Waals surface area contributed by atoms with Gasteiger partial charge in [0.15, 0.2) is 0 Å². The van der Waals surface area contributed by atoms with Crippen molar-refractivity contribution in [3.63, 3.8) is 0 Å². The van der Waals surface area contributed by atoms with Gasteiger partial charge in [-0.05, 0) is 18.4 Å². The molecule has 0 saturated heterocycles. The normalized spacial score (nSPS) is 11.8. The molecule has 0 radical (unpaired) electrons. The first-order valence-corrected chi connectivity index (χ1v) is 5.74. The molecule has 1 unspecified atom stereocenters. The smallest absolute Gasteiger partial charge is 0.322 e. The second-order valence-corrected chi connectivity index (χ2v) is 3.80. The number of carbonyl (C=O) groups is 1. The van der Waals surface area contributed by atoms with E-state index in [1.54, 1.807) is 6.08 Å². The van der Waals surface area contributed by atoms with E-state index in [4.69, 9.17) is 4.74 Å². The molecule has 0 spiro atoms. The number of hydrogen-bond donors (Lipinski definition) is 1. The standard InChI is InChI=1S/C14H19NO2/c1-3-11-15-13(14(16)17-2)10-9-12-7-5-4-6-8-12/h3-8,13,15H,1,9-11H2,2H3. The van der Waals surface area contributed by atoms with Gasteiger partial charge in [-0.3, -0.25) is 4.79 Å². The lowest BCUT2D eigenvalue weighted by molar-refractivity contribution is -0.143. The third-order valence-corrected chi connectivity index (χ3v) is 2.56. The highest BCUT2D eigenvalue weighted by molar-refractivity contribution is 5.75. The van der Waals surface area contributed by atoms with Crippen LogP contribution < -0.4 is 5.32 Å². The number of methoxy groups -OCH3 is 1. The lowest BCUT2D eigenvalue weighted by Crippen LogP contribution is -2.38. The van der Waals surface area contributed by atoms with Crippen molar-refractivity contribution in [3.05, 3.63) is 48.6 Å². The molecule has 0 fully saturated rings. The van der Waals surface area contributed by atoms with Crippen LogP contribution in [0.1, 0.15) is 12.0 Å². The molecule has 1 aromatic rings. The number of nitrogens with one attached hydrogen (secondary N) is 1. The van der Waals surface area contributed by atoms with Crippen LogP contribution in [0.2, 0.25) is 0 Å². The van der Waals surface area contributed by atoms with Crippen molar-refractivity contribution in [2.75, 3.05) is 13.7 Å². The molecule has 0 saturated carbocycles. The van der Waals surface area contributed by atoms with Gasteiger partial charge in [-0.25, -0.2) is 0 Å². The molecule has 3 nitrogen and oxygen atoms in total. The van der Waals surface area contributed by atoms with Crippen LogP contribution in [0.25, 0.3) is 0 Å². The molecule has 17 heavy (non-hydrogen) atoms. The predicted octanol–water partition coefficient (Wildman–Crippen LogP) is 1.94. The maximum atomic E-state index is 11.5. The van der Waals surface area contributed by atoms with Crippen molar-refractivity contribution < 1.29 is 9.53 Å². The number of rotatable bonds is 7. The molecule has 1 atom stereocenters. The maximum absolute atomic E-state index is 11.5. The molecule has 0 amide bonds. The average Bonchev–Trinajstić information content (AvgIpc) is 2.39. The predicted molar refractivity (Wildman–Crippen MR) is 68.8 cm³/mol. The Morgan fingerprint density at radius 2 is 2.18 bits per heavy atom. The van der Waals surface area contributed by atoms with E-state index in [9.17, 15) is 4.79 Å². The fourth-order valence-electron chi connectivity index (χ4n) is 1.63. The second-order valence-electron chi connectivity index (χ2n) is 3.80. The monoisotopic (exact) mass is 233 g/mol. The van der Waals surface area contributed by atoms with Gasteiger partial charge in [-0.2, -0.15) is 0 Å². The molecule has 92 valence electrons. The SMILES string of the molecule is C=CCNC(CCc1ccccc1)C(=O)OC. The molecule has 0 aromatic heterocycles. The van der Waals surface area contributed by atoms with Gasteiger partial charge < -0.3 is 10.1 Å². The second kappa shape index (κ2) is 7.63. The summed E-state index contributed by atoms with van der Waals surface area (Å²) in [6, 6.07) is 9.83. The first-order chi connectivity index (χ1) is 8.27. The Hall–Kier alpha value is -1.61. The molecule has 3 heteroatoms. The van der Waals surface area contributed by atoms with Gasteiger partial charge in [-0.1, -0.05) is 36.4 Å². The highest BCUT2D eigenvalue weighted by atomic mass is 16.5. The molecule has 1 aromatic carbocycles. The van der Waals surface area contributed by atoms with E-state index in [2.05, 4.69) is 24.0 Å². The summed E-state index contributed by atoms with van der Waals surface area (Å²) in [5, 5.41) is 3.10. The van der Waals surface area contributed by atoms with Crippen LogP contribution in [0.4, 0.5) is 0 Å². The van der Waals surface area contributed by atoms with E-state index >= 15 is 0 Å². The van der Waals surface area contributed by atoms with Crippen molar-refractivity contribution in [2.45, 2.75) is 18.9 Å². The Balaban J connectivity index is 2.48. The topological polar surface area (TPSA) is 38.3 Å². The number of carbonyl (C=O) groups excluding carboxylic acids is 1. The minimum atomic E-state index is -0.266. The average molecular weight is 233 g/mol. The lowest BCUT2D eigenvalue weighted by Gasteiger charge is -2.15. The molecular weight excluding hydrogens is 214 g/mol. The van der Waals surface area contributed by atoms with Gasteiger partial charge in [0.05, 0.1) is 7.11 Å². The van der Waals surface area contributed by atoms with Gasteiger partial charge in [0.1, 0.15) is 6.04 Å². The summed E-state index contributed by atoms with van der Waals surface area (Å²) < 4.78 is 4.76. The number of benzene rings is 1. The van der Waals surface area contributed by atoms with Crippen LogP contribution in [0.5, 0.6) is 0 Å². The molecule has 0 aliphatic rings. The van der Waals surface area contributed by atoms with Gasteiger partial charge in [0.25, 0.3) is 0 Å². The van der Waals surface area contributed by atoms with Crippen LogP contribution in [-0.2, 0) is 16.0 Å². The van der Waals surface area contributed by atoms with E-state index in [-0.39, 0.29) is 12.0 Å². The number of aryl methyl sites for hydroxylation is 1. The first kappa shape index (κ1) is 13.5. The Morgan fingerprint density at radius 3 is 2.76 bits per heavy atom. The Bertz CT molecular complexity index is 348. The third kappa shape index (κ3) is 4.83. The molecular formula is C14H19NO2. The molecule has 1 rings (SSSR count). The van der Waals surface area contributed by atoms with E-state index in [0.29, 0.717) is 6.54 Å². The molecule has 0 bridgehead atoms. The summed E-state index contributed by atoms with van der Waals surface area (Å²) in [4.78, 5) is 11.5. The quantitative estimate of drug-likeness (QED) is 0.578. The Kier molecular flexibility index (Phi) is 6.04. The van der Waals surface area contributed by atoms with Crippen LogP contribution in [0.15, 0.2) is 43.0 Å². The Labute approximate surface area is 102 Å². The van der Waals surface area contributed by atoms with Gasteiger partial charge >= 0.3 is 5.97 Å². The van der Waals surface area contributed by atoms with Gasteiger partial charge in [-0.15, -0.1) is 6.58 Å². The molecule has 1 N–H and O–H groups in total. The minimum absolute atomic E-state index is 0.220. The van der Waals surface area contributed by atoms with E-state index in [0.717, 1.165) is 12.8 Å². The Morgan fingerprint density at radius 1 is 1.47 bits per heavy atom. The van der Waals surface area contributed by atoms with Crippen molar-refractivity contribution in [2.24, 2.45) is 0 Å². The summed E-state index contributed by atoms with van der Waals surface area (Å²) in [6.07, 6.45) is 3.31. The fourth-order valence-corrected chi connectivity index (χ4v) is 1.63. The number of ether oxygens (including phenoxy) is 1. The lowest BCUT2D eigenvalue weighted by atomic mass is 10.1. The fraction of sp³-hybridized carbons (Fsp3) is 0.357. The summed E-state index contributed by atoms with van der Waals surface area (Å²) in [5.74, 6) is -0.220. The van der Waals surface area contributed by atoms with Gasteiger partial charge in [0.2, 0.25) is 0 Å². The third-order valence-electron chi connectivity index (χ3n) is 2.56. The van der Waals surface area contributed by atoms with Crippen LogP contribution >= 0.6 is 0 Å². The zero-order valence-electron chi connectivity index (χ0n) is 10.2. The van der Waals surface area contributed by atoms with Crippen molar-refractivity contribution in [1.82, 2.24) is 5.32 Å². The largest absolute Gasteiger partial charge is 0.468 e. The molecule has 0 heterocycles. The highest BCUT2D eigenvalue weighted by Gasteiger charge is 2.17. The van der Waals surface area contributed by atoms with E-state index < -0.39 is 0 Å². The van der Waals surface area contributed by atoms with Crippen molar-refractivity contribution in [1.29, 1.82) is 0 Å². The van der Waals surface area contributed by atoms with Crippen LogP contribution in [0, 0.1) is 0 Å². The number of esters is 1. The maximum Gasteiger partial charge on any atom is 0.322 e. The van der Waals surface area contributed by atoms with Crippen molar-refractivity contribution in [3.8, 4) is 0 Å². The summed E-state index contributed by atoms with van der Waals surface area (Å²) in [7, 11) is 1.41. The zero-order chi connectivity index (χ0) is 12.5. The zero-order valence-corrected chi connectivity index (χ0v) is 10.2. The highest BCUT2D eigenvalue weighted by Crippen LogP contribution is 2.06. The van der Waals surface area contributed by atoms with E-state index in [1.165, 1.54) is 12.7 Å². The summed E-state index contributed by atoms with van der Waals surface area (Å²) >= 11 is 0. The van der Waals surface area contributed by atoms with Crippen LogP contribution in [0.3, 0.4) is 0 Å². The molecule has 0 aliphatic carbocycles. The first-order valence-electron chi connectivity index (χ1n) is 5.74. The minimum Gasteiger partial charge on any atom is -0.468 e. The van der Waals surface area contributed by atoms with Gasteiger partial charge in [0, 0.05) is 6.54 Å². The summed E-state index contributed by atoms with van der Waals surface area (Å²) in [6.45, 7) is 4.23. The summed E-state index contributed by atoms with van der Waals surface area (Å²) in [5.41, 5.74) is 1.22. The van der Waals surface area contributed by atoms with Crippen LogP contribution in [-0.4, -0.2) is 25.7 Å². The molecule has 0 aliphatic heterocycles. The van der Waals surface area contributed by atoms with E-state index in [1.807, 2.05) is 18.2 Å². The van der Waals surface area contributed by atoms with Crippen molar-refractivity contribution >= 4 is 5.97 Å². The number of hydrogen-bond acceptors (Lipinski definition) is 3.